The van der Waals surface area contributed by atoms with Gasteiger partial charge in [0, 0.05) is 24.3 Å². The average molecular weight is 331 g/mol. The van der Waals surface area contributed by atoms with E-state index >= 15 is 0 Å². The second-order valence-electron chi connectivity index (χ2n) is 5.81. The molecule has 0 saturated carbocycles. The van der Waals surface area contributed by atoms with Crippen molar-refractivity contribution in [2.75, 3.05) is 14.2 Å². The Labute approximate surface area is 140 Å². The predicted octanol–water partition coefficient (Wildman–Crippen LogP) is 1.06. The summed E-state index contributed by atoms with van der Waals surface area (Å²) >= 11 is 0. The highest BCUT2D eigenvalue weighted by molar-refractivity contribution is 6.01. The average Bonchev–Trinajstić information content (AvgIpc) is 2.95. The third-order valence-corrected chi connectivity index (χ3v) is 4.39. The van der Waals surface area contributed by atoms with Crippen LogP contribution >= 0.6 is 0 Å². The molecule has 0 aromatic heterocycles. The van der Waals surface area contributed by atoms with Gasteiger partial charge in [-0.05, 0) is 25.5 Å². The molecule has 2 heterocycles. The smallest absolute Gasteiger partial charge is 0.249 e. The van der Waals surface area contributed by atoms with Gasteiger partial charge in [-0.3, -0.25) is 14.9 Å². The largest absolute Gasteiger partial charge is 0.497 e. The number of benzene rings is 1. The van der Waals surface area contributed by atoms with E-state index in [9.17, 15) is 9.59 Å². The van der Waals surface area contributed by atoms with Gasteiger partial charge >= 0.3 is 0 Å². The minimum Gasteiger partial charge on any atom is -0.497 e. The highest BCUT2D eigenvalue weighted by Gasteiger charge is 2.38. The Balaban J connectivity index is 1.95. The molecule has 1 aromatic carbocycles. The summed E-state index contributed by atoms with van der Waals surface area (Å²) in [5.41, 5.74) is 1.72. The lowest BCUT2D eigenvalue weighted by molar-refractivity contribution is -0.137. The van der Waals surface area contributed by atoms with Gasteiger partial charge in [-0.25, -0.2) is 0 Å². The van der Waals surface area contributed by atoms with Crippen molar-refractivity contribution >= 4 is 17.5 Å². The second-order valence-corrected chi connectivity index (χ2v) is 5.81. The van der Waals surface area contributed by atoms with E-state index in [2.05, 4.69) is 10.6 Å². The van der Waals surface area contributed by atoms with E-state index in [4.69, 9.17) is 9.47 Å². The minimum absolute atomic E-state index is 0.0595. The fraction of sp³-hybridized carbons (Fsp3) is 0.412. The number of nitrogens with one attached hydrogen (secondary N) is 2. The van der Waals surface area contributed by atoms with Gasteiger partial charge in [-0.1, -0.05) is 0 Å². The molecule has 1 aromatic rings. The van der Waals surface area contributed by atoms with Gasteiger partial charge in [0.1, 0.15) is 17.5 Å². The van der Waals surface area contributed by atoms with E-state index in [1.54, 1.807) is 14.2 Å². The van der Waals surface area contributed by atoms with Gasteiger partial charge in [0.2, 0.25) is 11.8 Å². The molecule has 2 aliphatic rings. The molecule has 2 amide bonds. The lowest BCUT2D eigenvalue weighted by Gasteiger charge is -2.36. The molecule has 3 rings (SSSR count). The van der Waals surface area contributed by atoms with Crippen LogP contribution in [0.4, 0.5) is 0 Å². The number of ether oxygens (including phenoxy) is 2. The van der Waals surface area contributed by atoms with Crippen molar-refractivity contribution in [1.82, 2.24) is 15.5 Å². The molecule has 0 spiro atoms. The van der Waals surface area contributed by atoms with E-state index in [1.165, 1.54) is 0 Å². The maximum Gasteiger partial charge on any atom is 0.249 e. The summed E-state index contributed by atoms with van der Waals surface area (Å²) < 4.78 is 10.7. The minimum atomic E-state index is -0.397. The molecule has 2 unspecified atom stereocenters. The molecule has 0 aliphatic carbocycles. The first-order valence-corrected chi connectivity index (χ1v) is 7.85. The van der Waals surface area contributed by atoms with Crippen molar-refractivity contribution in [2.24, 2.45) is 0 Å². The SMILES string of the molecule is COc1ccc(C2=CNC(C)N2C2CCC(=O)NC2=O)c(OC)c1. The van der Waals surface area contributed by atoms with Crippen LogP contribution in [0.25, 0.3) is 5.70 Å². The van der Waals surface area contributed by atoms with Gasteiger partial charge in [0.25, 0.3) is 0 Å². The molecule has 0 bridgehead atoms. The molecule has 1 saturated heterocycles. The number of piperidine rings is 1. The highest BCUT2D eigenvalue weighted by Crippen LogP contribution is 2.36. The fourth-order valence-corrected chi connectivity index (χ4v) is 3.18. The first-order valence-electron chi connectivity index (χ1n) is 7.85. The first kappa shape index (κ1) is 16.2. The van der Waals surface area contributed by atoms with E-state index in [-0.39, 0.29) is 18.0 Å². The zero-order valence-corrected chi connectivity index (χ0v) is 14.0. The highest BCUT2D eigenvalue weighted by atomic mass is 16.5. The van der Waals surface area contributed by atoms with Crippen molar-refractivity contribution < 1.29 is 19.1 Å². The summed E-state index contributed by atoms with van der Waals surface area (Å²) in [5, 5.41) is 5.66. The van der Waals surface area contributed by atoms with Crippen molar-refractivity contribution in [1.29, 1.82) is 0 Å². The van der Waals surface area contributed by atoms with E-state index in [0.29, 0.717) is 24.3 Å². The molecule has 1 fully saturated rings. The number of amides is 2. The third kappa shape index (κ3) is 2.77. The van der Waals surface area contributed by atoms with Crippen LogP contribution in [-0.4, -0.2) is 43.1 Å². The third-order valence-electron chi connectivity index (χ3n) is 4.39. The number of carbonyl (C=O) groups excluding carboxylic acids is 2. The zero-order chi connectivity index (χ0) is 17.3. The van der Waals surface area contributed by atoms with Gasteiger partial charge < -0.3 is 19.7 Å². The Morgan fingerprint density at radius 1 is 1.21 bits per heavy atom. The molecule has 2 atom stereocenters. The molecule has 24 heavy (non-hydrogen) atoms. The molecular weight excluding hydrogens is 310 g/mol. The molecule has 2 N–H and O–H groups in total. The van der Waals surface area contributed by atoms with Gasteiger partial charge in [-0.15, -0.1) is 0 Å². The number of hydrogen-bond acceptors (Lipinski definition) is 6. The summed E-state index contributed by atoms with van der Waals surface area (Å²) in [5.74, 6) is 0.875. The van der Waals surface area contributed by atoms with E-state index in [0.717, 1.165) is 11.3 Å². The van der Waals surface area contributed by atoms with Crippen molar-refractivity contribution in [2.45, 2.75) is 32.0 Å². The second kappa shape index (κ2) is 6.43. The standard InChI is InChI=1S/C17H21N3O4/c1-10-18-9-14(12-5-4-11(23-2)8-15(12)24-3)20(10)13-6-7-16(21)19-17(13)22/h4-5,8-10,13,18H,6-7H2,1-3H3,(H,19,21,22). The summed E-state index contributed by atoms with van der Waals surface area (Å²) in [6, 6.07) is 5.17. The normalized spacial score (nSPS) is 23.5. The molecule has 0 radical (unpaired) electrons. The van der Waals surface area contributed by atoms with Crippen LogP contribution in [0.15, 0.2) is 24.4 Å². The molecular formula is C17H21N3O4. The summed E-state index contributed by atoms with van der Waals surface area (Å²) in [6.45, 7) is 1.98. The fourth-order valence-electron chi connectivity index (χ4n) is 3.18. The number of rotatable bonds is 4. The van der Waals surface area contributed by atoms with Crippen LogP contribution in [-0.2, 0) is 9.59 Å². The molecule has 7 nitrogen and oxygen atoms in total. The van der Waals surface area contributed by atoms with Crippen LogP contribution in [0.2, 0.25) is 0 Å². The Morgan fingerprint density at radius 2 is 2.00 bits per heavy atom. The van der Waals surface area contributed by atoms with Crippen LogP contribution in [0.5, 0.6) is 11.5 Å². The van der Waals surface area contributed by atoms with Crippen molar-refractivity contribution in [3.05, 3.63) is 30.0 Å². The maximum absolute atomic E-state index is 12.3. The van der Waals surface area contributed by atoms with Gasteiger partial charge in [-0.2, -0.15) is 0 Å². The number of nitrogens with zero attached hydrogens (tertiary/aromatic N) is 1. The molecule has 7 heteroatoms. The number of imide groups is 1. The predicted molar refractivity (Wildman–Crippen MR) is 88.1 cm³/mol. The quantitative estimate of drug-likeness (QED) is 0.803. The Hall–Kier alpha value is -2.70. The lowest BCUT2D eigenvalue weighted by atomic mass is 10.0. The van der Waals surface area contributed by atoms with Crippen LogP contribution < -0.4 is 20.1 Å². The number of carbonyl (C=O) groups is 2. The zero-order valence-electron chi connectivity index (χ0n) is 14.0. The maximum atomic E-state index is 12.3. The Bertz CT molecular complexity index is 701. The van der Waals surface area contributed by atoms with Gasteiger partial charge in [0.15, 0.2) is 0 Å². The molecule has 2 aliphatic heterocycles. The number of methoxy groups -OCH3 is 2. The van der Waals surface area contributed by atoms with Crippen molar-refractivity contribution in [3.8, 4) is 11.5 Å². The van der Waals surface area contributed by atoms with E-state index < -0.39 is 6.04 Å². The topological polar surface area (TPSA) is 79.9 Å². The monoisotopic (exact) mass is 331 g/mol. The lowest BCUT2D eigenvalue weighted by Crippen LogP contribution is -2.54. The van der Waals surface area contributed by atoms with Crippen LogP contribution in [0.3, 0.4) is 0 Å². The first-order chi connectivity index (χ1) is 11.5. The summed E-state index contributed by atoms with van der Waals surface area (Å²) in [6.07, 6.45) is 2.65. The number of hydrogen-bond donors (Lipinski definition) is 2. The summed E-state index contributed by atoms with van der Waals surface area (Å²) in [7, 11) is 3.20. The summed E-state index contributed by atoms with van der Waals surface area (Å²) in [4.78, 5) is 25.7. The molecule has 128 valence electrons. The Kier molecular flexibility index (Phi) is 4.33. The van der Waals surface area contributed by atoms with Crippen molar-refractivity contribution in [3.63, 3.8) is 0 Å². The van der Waals surface area contributed by atoms with Crippen LogP contribution in [0, 0.1) is 0 Å². The Morgan fingerprint density at radius 3 is 2.67 bits per heavy atom. The van der Waals surface area contributed by atoms with Crippen LogP contribution in [0.1, 0.15) is 25.3 Å². The van der Waals surface area contributed by atoms with Gasteiger partial charge in [0.05, 0.1) is 26.1 Å². The van der Waals surface area contributed by atoms with E-state index in [1.807, 2.05) is 36.2 Å².